The van der Waals surface area contributed by atoms with E-state index in [0.717, 1.165) is 12.6 Å². The summed E-state index contributed by atoms with van der Waals surface area (Å²) in [5.74, 6) is 0. The largest absolute Gasteiger partial charge is 1.00 e. The van der Waals surface area contributed by atoms with Gasteiger partial charge in [-0.2, -0.15) is 0 Å². The quantitative estimate of drug-likeness (QED) is 0.117. The molecule has 0 N–H and O–H groups in total. The van der Waals surface area contributed by atoms with Gasteiger partial charge >= 0.3 is 0 Å². The van der Waals surface area contributed by atoms with Crippen molar-refractivity contribution in [2.45, 2.75) is 118 Å². The number of fused-ring (bicyclic) bond motifs is 2. The maximum Gasteiger partial charge on any atom is 0.0905 e. The van der Waals surface area contributed by atoms with Crippen LogP contribution >= 0.6 is 23.5 Å². The van der Waals surface area contributed by atoms with Crippen LogP contribution in [-0.4, -0.2) is 43.5 Å². The van der Waals surface area contributed by atoms with Crippen LogP contribution in [0.4, 0.5) is 11.4 Å². The highest BCUT2D eigenvalue weighted by molar-refractivity contribution is 8.00. The smallest absolute Gasteiger partial charge is 0.0905 e. The van der Waals surface area contributed by atoms with E-state index in [-0.39, 0.29) is 17.0 Å². The predicted molar refractivity (Wildman–Crippen MR) is 166 cm³/mol. The maximum atomic E-state index is 2.64. The van der Waals surface area contributed by atoms with Crippen LogP contribution in [0.2, 0.25) is 0 Å². The Balaban J connectivity index is 0.00000400. The first-order valence-corrected chi connectivity index (χ1v) is 17.3. The minimum Gasteiger partial charge on any atom is -1.00 e. The number of halogens is 1. The van der Waals surface area contributed by atoms with Gasteiger partial charge in [-0.3, -0.25) is 0 Å². The second kappa shape index (κ2) is 16.6. The molecule has 2 aromatic rings. The molecular weight excluding hydrogens is 568 g/mol. The van der Waals surface area contributed by atoms with Gasteiger partial charge in [-0.25, -0.2) is 0 Å². The van der Waals surface area contributed by atoms with Crippen molar-refractivity contribution >= 4 is 34.9 Å². The number of likely N-dealkylation sites (tertiary alicyclic amines) is 1. The zero-order chi connectivity index (χ0) is 25.9. The number of para-hydroxylation sites is 1. The Morgan fingerprint density at radius 2 is 1.55 bits per heavy atom. The molecule has 0 aliphatic carbocycles. The number of thioether (sulfide) groups is 1. The summed E-state index contributed by atoms with van der Waals surface area (Å²) in [6.45, 7) is 6.18. The van der Waals surface area contributed by atoms with Gasteiger partial charge in [0.25, 0.3) is 0 Å². The minimum atomic E-state index is 0. The summed E-state index contributed by atoms with van der Waals surface area (Å²) in [6.07, 6.45) is 22.0. The van der Waals surface area contributed by atoms with Crippen molar-refractivity contribution in [3.63, 3.8) is 0 Å². The average Bonchev–Trinajstić information content (AvgIpc) is 2.92. The van der Waals surface area contributed by atoms with Crippen LogP contribution in [0, 0.1) is 0 Å². The van der Waals surface area contributed by atoms with E-state index in [1.54, 1.807) is 0 Å². The van der Waals surface area contributed by atoms with E-state index in [1.807, 2.05) is 23.5 Å². The molecule has 0 spiro atoms. The molecule has 212 valence electrons. The zero-order valence-electron chi connectivity index (χ0n) is 24.2. The number of rotatable bonds is 15. The second-order valence-electron chi connectivity index (χ2n) is 11.6. The predicted octanol–water partition coefficient (Wildman–Crippen LogP) is 7.33. The van der Waals surface area contributed by atoms with Crippen LogP contribution in [0.5, 0.6) is 0 Å². The lowest BCUT2D eigenvalue weighted by atomic mass is 9.95. The first-order valence-electron chi connectivity index (χ1n) is 15.2. The molecule has 0 aromatic heterocycles. The van der Waals surface area contributed by atoms with Gasteiger partial charge in [0.05, 0.1) is 37.6 Å². The fraction of sp³-hybridized carbons (Fsp3) is 0.636. The standard InChI is InChI=1S/C33H51N2S2.BrH/c1-4-5-6-7-8-9-10-11-12-16-25-35(2)26-17-15-18-28(35)23-24-34-30-19-13-14-20-32(30)37-33-22-21-29(36-3)27-31(33)34;/h13-14,19-22,27-28H,4-12,15-18,23-26H2,1-3H3;1H/q+1;/p-1. The summed E-state index contributed by atoms with van der Waals surface area (Å²) < 4.78 is 1.30. The summed E-state index contributed by atoms with van der Waals surface area (Å²) in [6, 6.07) is 16.8. The molecular formula is C33H51BrN2S2. The number of anilines is 2. The van der Waals surface area contributed by atoms with E-state index in [1.165, 1.54) is 134 Å². The molecule has 2 atom stereocenters. The van der Waals surface area contributed by atoms with Gasteiger partial charge in [-0.1, -0.05) is 82.2 Å². The normalized spacial score (nSPS) is 20.5. The van der Waals surface area contributed by atoms with Crippen LogP contribution < -0.4 is 21.9 Å². The Kier molecular flexibility index (Phi) is 13.9. The van der Waals surface area contributed by atoms with Crippen molar-refractivity contribution in [3.05, 3.63) is 42.5 Å². The monoisotopic (exact) mass is 618 g/mol. The Morgan fingerprint density at radius 3 is 2.29 bits per heavy atom. The molecule has 0 saturated carbocycles. The van der Waals surface area contributed by atoms with Crippen molar-refractivity contribution in [2.24, 2.45) is 0 Å². The van der Waals surface area contributed by atoms with Crippen LogP contribution in [-0.2, 0) is 0 Å². The van der Waals surface area contributed by atoms with Gasteiger partial charge in [0.2, 0.25) is 0 Å². The summed E-state index contributed by atoms with van der Waals surface area (Å²) in [5.41, 5.74) is 2.81. The average molecular weight is 620 g/mol. The highest BCUT2D eigenvalue weighted by atomic mass is 79.9. The third kappa shape index (κ3) is 8.69. The molecule has 2 aliphatic rings. The number of hydrogen-bond donors (Lipinski definition) is 0. The number of piperidine rings is 1. The van der Waals surface area contributed by atoms with Crippen molar-refractivity contribution in [1.82, 2.24) is 0 Å². The van der Waals surface area contributed by atoms with Crippen LogP contribution in [0.15, 0.2) is 57.2 Å². The van der Waals surface area contributed by atoms with E-state index in [9.17, 15) is 0 Å². The minimum absolute atomic E-state index is 0. The molecule has 5 heteroatoms. The zero-order valence-corrected chi connectivity index (χ0v) is 27.4. The van der Waals surface area contributed by atoms with E-state index in [4.69, 9.17) is 0 Å². The molecule has 4 rings (SSSR count). The Bertz CT molecular complexity index is 968. The number of quaternary nitrogens is 1. The highest BCUT2D eigenvalue weighted by Crippen LogP contribution is 2.49. The molecule has 2 nitrogen and oxygen atoms in total. The van der Waals surface area contributed by atoms with Gasteiger partial charge in [-0.05, 0) is 68.7 Å². The fourth-order valence-electron chi connectivity index (χ4n) is 6.51. The van der Waals surface area contributed by atoms with Gasteiger partial charge in [0, 0.05) is 27.7 Å². The van der Waals surface area contributed by atoms with Crippen LogP contribution in [0.25, 0.3) is 0 Å². The third-order valence-corrected chi connectivity index (χ3v) is 10.7. The molecule has 0 radical (unpaired) electrons. The van der Waals surface area contributed by atoms with Gasteiger partial charge in [0.1, 0.15) is 0 Å². The van der Waals surface area contributed by atoms with Gasteiger partial charge in [0.15, 0.2) is 0 Å². The molecule has 1 fully saturated rings. The molecule has 2 aliphatic heterocycles. The van der Waals surface area contributed by atoms with Crippen LogP contribution in [0.1, 0.15) is 96.8 Å². The van der Waals surface area contributed by atoms with Gasteiger partial charge < -0.3 is 26.4 Å². The van der Waals surface area contributed by atoms with E-state index < -0.39 is 0 Å². The molecule has 0 amide bonds. The molecule has 38 heavy (non-hydrogen) atoms. The number of hydrogen-bond acceptors (Lipinski definition) is 3. The van der Waals surface area contributed by atoms with Crippen LogP contribution in [0.3, 0.4) is 0 Å². The lowest BCUT2D eigenvalue weighted by molar-refractivity contribution is -0.938. The summed E-state index contributed by atoms with van der Waals surface area (Å²) >= 11 is 3.79. The fourth-order valence-corrected chi connectivity index (χ4v) is 8.02. The number of benzene rings is 2. The third-order valence-electron chi connectivity index (χ3n) is 8.88. The summed E-state index contributed by atoms with van der Waals surface area (Å²) in [4.78, 5) is 6.81. The molecule has 2 heterocycles. The van der Waals surface area contributed by atoms with Crippen molar-refractivity contribution in [1.29, 1.82) is 0 Å². The first kappa shape index (κ1) is 31.9. The Morgan fingerprint density at radius 1 is 0.868 bits per heavy atom. The number of unbranched alkanes of at least 4 members (excludes halogenated alkanes) is 9. The number of nitrogens with zero attached hydrogens (tertiary/aromatic N) is 2. The first-order chi connectivity index (χ1) is 18.1. The van der Waals surface area contributed by atoms with Gasteiger partial charge in [-0.15, -0.1) is 11.8 Å². The topological polar surface area (TPSA) is 3.24 Å². The van der Waals surface area contributed by atoms with Crippen molar-refractivity contribution in [3.8, 4) is 0 Å². The Hall–Kier alpha value is -0.620. The summed E-state index contributed by atoms with van der Waals surface area (Å²) in [5, 5.41) is 0. The Labute approximate surface area is 253 Å². The maximum absolute atomic E-state index is 2.64. The van der Waals surface area contributed by atoms with E-state index >= 15 is 0 Å². The van der Waals surface area contributed by atoms with E-state index in [2.05, 4.69) is 67.6 Å². The SMILES string of the molecule is CCCCCCCCCCCC[N+]1(C)CCCCC1CCN1c2ccccc2Sc2ccc(SC)cc21.[Br-]. The lowest BCUT2D eigenvalue weighted by Gasteiger charge is -2.46. The van der Waals surface area contributed by atoms with Crippen molar-refractivity contribution in [2.75, 3.05) is 37.8 Å². The summed E-state index contributed by atoms with van der Waals surface area (Å²) in [7, 11) is 2.58. The van der Waals surface area contributed by atoms with Crippen molar-refractivity contribution < 1.29 is 21.5 Å². The lowest BCUT2D eigenvalue weighted by Crippen LogP contribution is -3.00. The molecule has 1 saturated heterocycles. The highest BCUT2D eigenvalue weighted by Gasteiger charge is 2.35. The van der Waals surface area contributed by atoms with E-state index in [0.29, 0.717) is 0 Å². The molecule has 0 bridgehead atoms. The second-order valence-corrected chi connectivity index (χ2v) is 13.6. The molecule has 2 aromatic carbocycles. The molecule has 2 unspecified atom stereocenters.